The Kier molecular flexibility index (Phi) is 3.77. The van der Waals surface area contributed by atoms with Crippen molar-refractivity contribution in [2.75, 3.05) is 13.2 Å². The van der Waals surface area contributed by atoms with E-state index in [2.05, 4.69) is 10.3 Å². The van der Waals surface area contributed by atoms with Crippen LogP contribution < -0.4 is 10.9 Å². The van der Waals surface area contributed by atoms with Gasteiger partial charge >= 0.3 is 0 Å². The predicted octanol–water partition coefficient (Wildman–Crippen LogP) is 0.825. The van der Waals surface area contributed by atoms with Gasteiger partial charge < -0.3 is 10.4 Å². The van der Waals surface area contributed by atoms with Crippen molar-refractivity contribution in [3.8, 4) is 0 Å². The maximum Gasteiger partial charge on any atom is 0.262 e. The molecule has 7 heteroatoms. The number of thiophene rings is 1. The van der Waals surface area contributed by atoms with Crippen LogP contribution in [0.25, 0.3) is 10.2 Å². The number of nitrogens with one attached hydrogen (secondary N) is 1. The maximum absolute atomic E-state index is 12.5. The van der Waals surface area contributed by atoms with Crippen molar-refractivity contribution >= 4 is 27.5 Å². The average Bonchev–Trinajstić information content (AvgIpc) is 3.04. The first-order chi connectivity index (χ1) is 10.1. The third-order valence-electron chi connectivity index (χ3n) is 3.74. The highest BCUT2D eigenvalue weighted by Gasteiger charge is 2.22. The fourth-order valence-corrected chi connectivity index (χ4v) is 3.76. The van der Waals surface area contributed by atoms with E-state index in [0.29, 0.717) is 40.2 Å². The molecule has 0 aliphatic carbocycles. The zero-order chi connectivity index (χ0) is 15.0. The number of carbonyl (C=O) groups is 1. The van der Waals surface area contributed by atoms with Crippen molar-refractivity contribution in [3.05, 3.63) is 26.6 Å². The van der Waals surface area contributed by atoms with Gasteiger partial charge in [-0.2, -0.15) is 0 Å². The van der Waals surface area contributed by atoms with Crippen LogP contribution in [0, 0.1) is 6.92 Å². The van der Waals surface area contributed by atoms with Gasteiger partial charge in [-0.15, -0.1) is 11.3 Å². The van der Waals surface area contributed by atoms with E-state index in [1.807, 2.05) is 0 Å². The summed E-state index contributed by atoms with van der Waals surface area (Å²) in [5, 5.41) is 12.1. The first-order valence-corrected chi connectivity index (χ1v) is 7.87. The Balaban J connectivity index is 2.03. The van der Waals surface area contributed by atoms with Crippen LogP contribution in [0.2, 0.25) is 0 Å². The van der Waals surface area contributed by atoms with E-state index in [-0.39, 0.29) is 18.1 Å². The lowest BCUT2D eigenvalue weighted by Gasteiger charge is -2.03. The number of rotatable bonds is 4. The van der Waals surface area contributed by atoms with Gasteiger partial charge in [0.2, 0.25) is 0 Å². The Morgan fingerprint density at radius 1 is 1.52 bits per heavy atom. The van der Waals surface area contributed by atoms with Crippen LogP contribution in [-0.2, 0) is 13.0 Å². The lowest BCUT2D eigenvalue weighted by Crippen LogP contribution is -2.25. The molecule has 3 rings (SSSR count). The fourth-order valence-electron chi connectivity index (χ4n) is 2.65. The van der Waals surface area contributed by atoms with Crippen molar-refractivity contribution in [2.24, 2.45) is 0 Å². The molecular weight excluding hydrogens is 290 g/mol. The van der Waals surface area contributed by atoms with Crippen LogP contribution in [0.1, 0.15) is 33.9 Å². The van der Waals surface area contributed by atoms with Gasteiger partial charge in [0, 0.05) is 26.1 Å². The lowest BCUT2D eigenvalue weighted by atomic mass is 10.2. The van der Waals surface area contributed by atoms with Gasteiger partial charge in [0.25, 0.3) is 11.5 Å². The summed E-state index contributed by atoms with van der Waals surface area (Å²) in [6, 6.07) is 0. The molecule has 1 aliphatic rings. The molecule has 112 valence electrons. The number of fused-ring (bicyclic) bond motifs is 2. The van der Waals surface area contributed by atoms with Crippen LogP contribution in [0.15, 0.2) is 4.79 Å². The Morgan fingerprint density at radius 3 is 3.10 bits per heavy atom. The summed E-state index contributed by atoms with van der Waals surface area (Å²) in [6.07, 6.45) is 2.29. The normalized spacial score (nSPS) is 13.6. The van der Waals surface area contributed by atoms with Gasteiger partial charge in [0.15, 0.2) is 0 Å². The monoisotopic (exact) mass is 307 g/mol. The molecule has 0 saturated carbocycles. The van der Waals surface area contributed by atoms with E-state index in [1.54, 1.807) is 11.5 Å². The van der Waals surface area contributed by atoms with Gasteiger partial charge in [0.05, 0.1) is 10.3 Å². The van der Waals surface area contributed by atoms with Crippen molar-refractivity contribution in [1.29, 1.82) is 0 Å². The molecular formula is C14H17N3O3S. The third-order valence-corrected chi connectivity index (χ3v) is 4.92. The summed E-state index contributed by atoms with van der Waals surface area (Å²) in [7, 11) is 0. The first kappa shape index (κ1) is 14.2. The number of aryl methyl sites for hydroxylation is 2. The Morgan fingerprint density at radius 2 is 2.33 bits per heavy atom. The zero-order valence-corrected chi connectivity index (χ0v) is 12.6. The summed E-state index contributed by atoms with van der Waals surface area (Å²) >= 11 is 1.27. The van der Waals surface area contributed by atoms with E-state index < -0.39 is 0 Å². The third kappa shape index (κ3) is 2.36. The van der Waals surface area contributed by atoms with E-state index in [4.69, 9.17) is 5.11 Å². The lowest BCUT2D eigenvalue weighted by molar-refractivity contribution is 0.0955. The van der Waals surface area contributed by atoms with E-state index in [1.165, 1.54) is 11.3 Å². The highest BCUT2D eigenvalue weighted by Crippen LogP contribution is 2.28. The first-order valence-electron chi connectivity index (χ1n) is 7.05. The van der Waals surface area contributed by atoms with Gasteiger partial charge in [-0.05, 0) is 25.3 Å². The highest BCUT2D eigenvalue weighted by molar-refractivity contribution is 7.20. The van der Waals surface area contributed by atoms with E-state index >= 15 is 0 Å². The maximum atomic E-state index is 12.5. The van der Waals surface area contributed by atoms with Crippen molar-refractivity contribution in [3.63, 3.8) is 0 Å². The molecule has 0 unspecified atom stereocenters. The number of aliphatic hydroxyl groups excluding tert-OH is 1. The Bertz CT molecular complexity index is 763. The standard InChI is InChI=1S/C14H17N3O3S/c1-8-10-13(16-9-4-2-6-17(9)14(10)20)21-11(8)12(19)15-5-3-7-18/h18H,2-7H2,1H3,(H,15,19). The van der Waals surface area contributed by atoms with Crippen LogP contribution in [-0.4, -0.2) is 33.7 Å². The molecule has 0 saturated heterocycles. The number of hydrogen-bond donors (Lipinski definition) is 2. The largest absolute Gasteiger partial charge is 0.396 e. The van der Waals surface area contributed by atoms with E-state index in [9.17, 15) is 9.59 Å². The summed E-state index contributed by atoms with van der Waals surface area (Å²) in [6.45, 7) is 2.97. The second-order valence-electron chi connectivity index (χ2n) is 5.16. The molecule has 1 amide bonds. The SMILES string of the molecule is Cc1c(C(=O)NCCCO)sc2nc3n(c(=O)c12)CCC3. The highest BCUT2D eigenvalue weighted by atomic mass is 32.1. The van der Waals surface area contributed by atoms with Crippen molar-refractivity contribution in [2.45, 2.75) is 32.7 Å². The molecule has 0 fully saturated rings. The second-order valence-corrected chi connectivity index (χ2v) is 6.16. The second kappa shape index (κ2) is 5.57. The summed E-state index contributed by atoms with van der Waals surface area (Å²) < 4.78 is 1.72. The number of amides is 1. The molecule has 1 aliphatic heterocycles. The predicted molar refractivity (Wildman–Crippen MR) is 81.0 cm³/mol. The Hall–Kier alpha value is -1.73. The van der Waals surface area contributed by atoms with Crippen molar-refractivity contribution in [1.82, 2.24) is 14.9 Å². The number of carbonyl (C=O) groups excluding carboxylic acids is 1. The summed E-state index contributed by atoms with van der Waals surface area (Å²) in [5.41, 5.74) is 0.673. The van der Waals surface area contributed by atoms with Crippen molar-refractivity contribution < 1.29 is 9.90 Å². The summed E-state index contributed by atoms with van der Waals surface area (Å²) in [5.74, 6) is 0.620. The minimum Gasteiger partial charge on any atom is -0.396 e. The molecule has 3 heterocycles. The molecule has 2 aromatic rings. The molecule has 2 N–H and O–H groups in total. The molecule has 2 aromatic heterocycles. The molecule has 6 nitrogen and oxygen atoms in total. The van der Waals surface area contributed by atoms with Gasteiger partial charge in [0.1, 0.15) is 10.7 Å². The number of hydrogen-bond acceptors (Lipinski definition) is 5. The Labute approximate surface area is 125 Å². The summed E-state index contributed by atoms with van der Waals surface area (Å²) in [4.78, 5) is 30.4. The van der Waals surface area contributed by atoms with Crippen LogP contribution in [0.3, 0.4) is 0 Å². The van der Waals surface area contributed by atoms with Gasteiger partial charge in [-0.25, -0.2) is 4.98 Å². The quantitative estimate of drug-likeness (QED) is 0.819. The number of aliphatic hydroxyl groups is 1. The fraction of sp³-hybridized carbons (Fsp3) is 0.500. The van der Waals surface area contributed by atoms with E-state index in [0.717, 1.165) is 18.7 Å². The molecule has 21 heavy (non-hydrogen) atoms. The zero-order valence-electron chi connectivity index (χ0n) is 11.8. The molecule has 0 bridgehead atoms. The average molecular weight is 307 g/mol. The molecule has 0 atom stereocenters. The van der Waals surface area contributed by atoms with Gasteiger partial charge in [-0.1, -0.05) is 0 Å². The number of aromatic nitrogens is 2. The number of nitrogens with zero attached hydrogens (tertiary/aromatic N) is 2. The molecule has 0 spiro atoms. The van der Waals surface area contributed by atoms with Gasteiger partial charge in [-0.3, -0.25) is 14.2 Å². The van der Waals surface area contributed by atoms with Crippen LogP contribution in [0.5, 0.6) is 0 Å². The minimum atomic E-state index is -0.200. The van der Waals surface area contributed by atoms with Crippen LogP contribution >= 0.6 is 11.3 Å². The molecule has 0 radical (unpaired) electrons. The minimum absolute atomic E-state index is 0.0318. The smallest absolute Gasteiger partial charge is 0.262 e. The topological polar surface area (TPSA) is 84.2 Å². The van der Waals surface area contributed by atoms with Crippen LogP contribution in [0.4, 0.5) is 0 Å². The molecule has 0 aromatic carbocycles.